The zero-order chi connectivity index (χ0) is 49.3. The van der Waals surface area contributed by atoms with Crippen molar-refractivity contribution in [3.05, 3.63) is 54.1 Å². The Kier molecular flexibility index (Phi) is 16.7. The summed E-state index contributed by atoms with van der Waals surface area (Å²) in [6.45, 7) is 10.3. The van der Waals surface area contributed by atoms with Crippen LogP contribution >= 0.6 is 0 Å². The molecule has 0 spiro atoms. The molecule has 0 bridgehead atoms. The van der Waals surface area contributed by atoms with E-state index in [4.69, 9.17) is 47.4 Å². The summed E-state index contributed by atoms with van der Waals surface area (Å²) in [5, 5.41) is 33.9. The number of methoxy groups -OCH3 is 3. The summed E-state index contributed by atoms with van der Waals surface area (Å²) in [6.07, 6.45) is -3.57. The Morgan fingerprint density at radius 3 is 2.07 bits per heavy atom. The van der Waals surface area contributed by atoms with E-state index in [1.807, 2.05) is 51.1 Å². The van der Waals surface area contributed by atoms with Gasteiger partial charge in [-0.3, -0.25) is 14.4 Å². The van der Waals surface area contributed by atoms with Crippen molar-refractivity contribution < 1.29 is 81.9 Å². The summed E-state index contributed by atoms with van der Waals surface area (Å²) in [5.74, 6) is -2.91. The number of carbonyl (C=O) groups excluding carboxylic acids is 4. The van der Waals surface area contributed by atoms with E-state index < -0.39 is 126 Å². The monoisotopic (exact) mass is 956 g/mol. The van der Waals surface area contributed by atoms with Crippen LogP contribution in [0.15, 0.2) is 48.6 Å². The highest BCUT2D eigenvalue weighted by molar-refractivity contribution is 5.97. The molecule has 0 unspecified atom stereocenters. The fourth-order valence-electron chi connectivity index (χ4n) is 11.8. The van der Waals surface area contributed by atoms with Crippen molar-refractivity contribution >= 4 is 29.4 Å². The summed E-state index contributed by atoms with van der Waals surface area (Å²) in [7, 11) is 4.55. The van der Waals surface area contributed by atoms with Gasteiger partial charge in [0.1, 0.15) is 48.2 Å². The van der Waals surface area contributed by atoms with Gasteiger partial charge >= 0.3 is 5.97 Å². The Morgan fingerprint density at radius 1 is 0.824 bits per heavy atom. The lowest BCUT2D eigenvalue weighted by atomic mass is 9.52. The molecule has 2 saturated carbocycles. The molecule has 3 aliphatic heterocycles. The number of fused-ring (bicyclic) bond motifs is 1. The van der Waals surface area contributed by atoms with E-state index in [2.05, 4.69) is 0 Å². The molecule has 17 nitrogen and oxygen atoms in total. The first-order valence-corrected chi connectivity index (χ1v) is 24.1. The average molecular weight is 957 g/mol. The lowest BCUT2D eigenvalue weighted by Crippen LogP contribution is -2.61. The first-order chi connectivity index (χ1) is 32.3. The van der Waals surface area contributed by atoms with Gasteiger partial charge in [-0.25, -0.2) is 4.79 Å². The summed E-state index contributed by atoms with van der Waals surface area (Å²) in [5.41, 5.74) is -3.17. The van der Waals surface area contributed by atoms with Gasteiger partial charge in [0, 0.05) is 70.3 Å². The van der Waals surface area contributed by atoms with E-state index in [0.29, 0.717) is 25.7 Å². The molecule has 0 amide bonds. The highest BCUT2D eigenvalue weighted by Crippen LogP contribution is 2.57. The summed E-state index contributed by atoms with van der Waals surface area (Å²) in [6, 6.07) is 9.20. The number of ether oxygens (including phenoxy) is 10. The molecule has 378 valence electrons. The number of hydrogen-bond acceptors (Lipinski definition) is 17. The number of aliphatic hydroxyl groups excluding tert-OH is 2. The van der Waals surface area contributed by atoms with Crippen molar-refractivity contribution in [3.63, 3.8) is 0 Å². The first kappa shape index (κ1) is 52.5. The Labute approximate surface area is 399 Å². The molecule has 0 aromatic heterocycles. The largest absolute Gasteiger partial charge is 0.458 e. The van der Waals surface area contributed by atoms with Gasteiger partial charge in [-0.2, -0.15) is 0 Å². The highest BCUT2D eigenvalue weighted by Gasteiger charge is 2.62. The van der Waals surface area contributed by atoms with Crippen LogP contribution in [0, 0.1) is 22.7 Å². The number of carbonyl (C=O) groups is 4. The van der Waals surface area contributed by atoms with E-state index in [1.165, 1.54) is 32.3 Å². The van der Waals surface area contributed by atoms with Gasteiger partial charge in [0.2, 0.25) is 0 Å². The Bertz CT molecular complexity index is 1990. The number of aliphatic hydroxyl groups is 3. The average Bonchev–Trinajstić information content (AvgIpc) is 3.62. The van der Waals surface area contributed by atoms with Crippen LogP contribution in [-0.2, 0) is 66.5 Å². The molecule has 17 heteroatoms. The molecule has 7 rings (SSSR count). The molecular formula is C51H72O17. The van der Waals surface area contributed by atoms with Gasteiger partial charge in [-0.1, -0.05) is 37.3 Å². The van der Waals surface area contributed by atoms with Crippen LogP contribution in [-0.4, -0.2) is 158 Å². The Hall–Kier alpha value is -3.30. The zero-order valence-corrected chi connectivity index (χ0v) is 40.7. The first-order valence-electron chi connectivity index (χ1n) is 24.1. The van der Waals surface area contributed by atoms with Crippen LogP contribution in [0.1, 0.15) is 98.5 Å². The molecule has 1 aromatic rings. The maximum absolute atomic E-state index is 14.0. The minimum atomic E-state index is -1.52. The maximum Gasteiger partial charge on any atom is 0.331 e. The standard InChI is InChI=1S/C51H72O17/c1-27(52)33-16-17-38(54)50(33,6)39(66-40(55)18-15-31-13-11-10-12-14-31)23-34-35(53)20-22-51(58)26-32(19-21-49(34,51)5)65-41-24-36(59-7)45(29(3)62-41)67-42-25-37(60-8)46(30(4)63-42)68-48-44(57)47(61-9)43(56)28(2)64-48/h10-15,18,20,22,28-30,32-34,36-37,39,41-48,56-58H,16-17,19,21,23-26H2,1-9H3/t28-,29-,30-,32+,33-,34+,36+,37+,39-,41+,42+,43-,44-,45-,46-,47+,48+,49-,50-,51+/m1/s1. The minimum absolute atomic E-state index is 0.0654. The second-order valence-corrected chi connectivity index (χ2v) is 20.1. The minimum Gasteiger partial charge on any atom is -0.458 e. The topological polar surface area (TPSA) is 221 Å². The third kappa shape index (κ3) is 10.5. The van der Waals surface area contributed by atoms with Gasteiger partial charge < -0.3 is 62.7 Å². The van der Waals surface area contributed by atoms with E-state index in [0.717, 1.165) is 5.56 Å². The van der Waals surface area contributed by atoms with Crippen LogP contribution in [0.5, 0.6) is 0 Å². The third-order valence-electron chi connectivity index (χ3n) is 16.1. The van der Waals surface area contributed by atoms with Crippen LogP contribution < -0.4 is 0 Å². The summed E-state index contributed by atoms with van der Waals surface area (Å²) < 4.78 is 61.2. The molecule has 3 N–H and O–H groups in total. The number of ketones is 3. The molecular weight excluding hydrogens is 885 g/mol. The number of hydrogen-bond donors (Lipinski definition) is 3. The van der Waals surface area contributed by atoms with Crippen molar-refractivity contribution in [3.8, 4) is 0 Å². The third-order valence-corrected chi connectivity index (χ3v) is 16.1. The normalized spacial score (nSPS) is 43.6. The van der Waals surface area contributed by atoms with Crippen LogP contribution in [0.4, 0.5) is 0 Å². The lowest BCUT2D eigenvalue weighted by Gasteiger charge is -2.55. The van der Waals surface area contributed by atoms with Crippen LogP contribution in [0.3, 0.4) is 0 Å². The molecule has 6 aliphatic rings. The molecule has 3 saturated heterocycles. The smallest absolute Gasteiger partial charge is 0.331 e. The van der Waals surface area contributed by atoms with Crippen molar-refractivity contribution in [2.75, 3.05) is 21.3 Å². The fraction of sp³-hybridized carbons (Fsp3) is 0.725. The summed E-state index contributed by atoms with van der Waals surface area (Å²) in [4.78, 5) is 54.3. The number of rotatable bonds is 16. The van der Waals surface area contributed by atoms with Crippen LogP contribution in [0.25, 0.3) is 6.08 Å². The molecule has 0 radical (unpaired) electrons. The molecule has 68 heavy (non-hydrogen) atoms. The Balaban J connectivity index is 0.993. The molecule has 20 atom stereocenters. The molecule has 1 aromatic carbocycles. The van der Waals surface area contributed by atoms with Gasteiger partial charge in [0.05, 0.1) is 47.6 Å². The second-order valence-electron chi connectivity index (χ2n) is 20.1. The van der Waals surface area contributed by atoms with E-state index in [1.54, 1.807) is 34.1 Å². The highest BCUT2D eigenvalue weighted by atomic mass is 16.8. The zero-order valence-electron chi connectivity index (χ0n) is 40.7. The number of Topliss-reactive ketones (excluding diaryl/α,β-unsaturated/α-hetero) is 2. The van der Waals surface area contributed by atoms with Crippen molar-refractivity contribution in [2.24, 2.45) is 22.7 Å². The number of allylic oxidation sites excluding steroid dienone is 1. The fourth-order valence-corrected chi connectivity index (χ4v) is 11.8. The van der Waals surface area contributed by atoms with Crippen molar-refractivity contribution in [1.29, 1.82) is 0 Å². The van der Waals surface area contributed by atoms with Crippen molar-refractivity contribution in [2.45, 2.75) is 191 Å². The predicted molar refractivity (Wildman–Crippen MR) is 242 cm³/mol. The van der Waals surface area contributed by atoms with Crippen molar-refractivity contribution in [1.82, 2.24) is 0 Å². The second kappa shape index (κ2) is 21.6. The van der Waals surface area contributed by atoms with Crippen LogP contribution in [0.2, 0.25) is 0 Å². The number of esters is 1. The SMILES string of the molecule is CO[C@@H]1[C@@H](O)[C@H](O[C@H]2[C@@H](OC)C[C@H](O[C@H]3[C@@H](OC)C[C@H](O[C@H]4CC[C@]5(C)[C@@H](C[C@@H](OC(=O)C=Cc6ccccc6)[C@@]6(C)C(=O)CC[C@@H]6C(C)=O)C(=O)C=C[C@]5(O)C4)O[C@@H]3C)O[C@@H]2C)O[C@H](C)[C@H]1O. The van der Waals surface area contributed by atoms with Gasteiger partial charge in [-0.05, 0) is 84.1 Å². The predicted octanol–water partition coefficient (Wildman–Crippen LogP) is 4.19. The van der Waals surface area contributed by atoms with Gasteiger partial charge in [0.15, 0.2) is 24.7 Å². The molecule has 3 aliphatic carbocycles. The number of benzene rings is 1. The molecule has 3 heterocycles. The van der Waals surface area contributed by atoms with E-state index >= 15 is 0 Å². The van der Waals surface area contributed by atoms with Gasteiger partial charge in [0.25, 0.3) is 0 Å². The quantitative estimate of drug-likeness (QED) is 0.156. The van der Waals surface area contributed by atoms with E-state index in [9.17, 15) is 34.5 Å². The lowest BCUT2D eigenvalue weighted by molar-refractivity contribution is -0.352. The maximum atomic E-state index is 14.0. The molecule has 5 fully saturated rings. The Morgan fingerprint density at radius 2 is 1.46 bits per heavy atom. The van der Waals surface area contributed by atoms with Gasteiger partial charge in [-0.15, -0.1) is 0 Å². The van der Waals surface area contributed by atoms with E-state index in [-0.39, 0.29) is 43.0 Å². The summed E-state index contributed by atoms with van der Waals surface area (Å²) >= 11 is 0.